The number of rotatable bonds is 14. The Morgan fingerprint density at radius 2 is 1.64 bits per heavy atom. The van der Waals surface area contributed by atoms with Crippen LogP contribution in [0.2, 0.25) is 0 Å². The van der Waals surface area contributed by atoms with Gasteiger partial charge in [0.2, 0.25) is 0 Å². The van der Waals surface area contributed by atoms with Crippen molar-refractivity contribution in [1.82, 2.24) is 4.98 Å². The number of oxime groups is 1. The summed E-state index contributed by atoms with van der Waals surface area (Å²) in [5.41, 5.74) is 3.06. The first-order valence-corrected chi connectivity index (χ1v) is 12.9. The lowest BCUT2D eigenvalue weighted by Gasteiger charge is -2.26. The van der Waals surface area contributed by atoms with E-state index in [9.17, 15) is 4.79 Å². The molecule has 0 radical (unpaired) electrons. The molecule has 0 bridgehead atoms. The van der Waals surface area contributed by atoms with Gasteiger partial charge < -0.3 is 14.3 Å². The van der Waals surface area contributed by atoms with Gasteiger partial charge in [-0.05, 0) is 49.6 Å². The number of hydrogen-bond donors (Lipinski definition) is 0. The van der Waals surface area contributed by atoms with Gasteiger partial charge in [0.1, 0.15) is 12.4 Å². The lowest BCUT2D eigenvalue weighted by molar-refractivity contribution is -0.133. The highest BCUT2D eigenvalue weighted by atomic mass is 16.6. The van der Waals surface area contributed by atoms with Crippen LogP contribution in [0.3, 0.4) is 0 Å². The maximum absolute atomic E-state index is 11.8. The summed E-state index contributed by atoms with van der Waals surface area (Å²) in [5, 5.41) is 5.25. The molecule has 6 heteroatoms. The van der Waals surface area contributed by atoms with Gasteiger partial charge in [-0.1, -0.05) is 81.1 Å². The number of nitrogens with zero attached hydrogens (tertiary/aromatic N) is 2. The highest BCUT2D eigenvalue weighted by Gasteiger charge is 2.25. The summed E-state index contributed by atoms with van der Waals surface area (Å²) in [7, 11) is 1.34. The molecule has 36 heavy (non-hydrogen) atoms. The molecule has 0 aliphatic carbocycles. The minimum absolute atomic E-state index is 0.204. The molecular weight excluding hydrogens is 452 g/mol. The van der Waals surface area contributed by atoms with Crippen molar-refractivity contribution in [2.45, 2.75) is 72.0 Å². The molecule has 0 spiro atoms. The summed E-state index contributed by atoms with van der Waals surface area (Å²) < 4.78 is 10.8. The number of benzene rings is 2. The van der Waals surface area contributed by atoms with Gasteiger partial charge in [0, 0.05) is 11.3 Å². The second-order valence-corrected chi connectivity index (χ2v) is 9.09. The van der Waals surface area contributed by atoms with Crippen LogP contribution in [-0.2, 0) is 21.0 Å². The van der Waals surface area contributed by atoms with Gasteiger partial charge in [-0.25, -0.2) is 9.78 Å². The number of unbranched alkanes of at least 4 members (excludes halogenated alkanes) is 2. The molecule has 3 rings (SSSR count). The standard InChI is InChI=1S/C30H38N2O4/c1-5-7-11-24(12-8-6-2)29(36-32-22(3)30(33)34-4)25-16-19-27(20-17-25)35-21-26-18-15-23-13-9-10-14-28(23)31-26/h9-10,13-20,24,29H,5-8,11-12,21H2,1-4H3/b32-22+. The van der Waals surface area contributed by atoms with Crippen LogP contribution in [0.5, 0.6) is 5.75 Å². The van der Waals surface area contributed by atoms with Crippen LogP contribution in [0.25, 0.3) is 10.9 Å². The van der Waals surface area contributed by atoms with E-state index in [0.29, 0.717) is 12.5 Å². The van der Waals surface area contributed by atoms with Gasteiger partial charge in [0.15, 0.2) is 11.8 Å². The van der Waals surface area contributed by atoms with Gasteiger partial charge >= 0.3 is 5.97 Å². The van der Waals surface area contributed by atoms with Crippen LogP contribution in [0.1, 0.15) is 76.7 Å². The number of carbonyl (C=O) groups is 1. The van der Waals surface area contributed by atoms with E-state index >= 15 is 0 Å². The molecule has 2 aromatic carbocycles. The molecule has 3 aromatic rings. The molecule has 0 saturated heterocycles. The molecule has 0 aliphatic heterocycles. The third kappa shape index (κ3) is 7.80. The second kappa shape index (κ2) is 14.2. The molecule has 1 heterocycles. The topological polar surface area (TPSA) is 70.0 Å². The van der Waals surface area contributed by atoms with Gasteiger partial charge in [-0.15, -0.1) is 0 Å². The number of ether oxygens (including phenoxy) is 2. The summed E-state index contributed by atoms with van der Waals surface area (Å²) in [6, 6.07) is 20.1. The largest absolute Gasteiger partial charge is 0.487 e. The molecular formula is C30H38N2O4. The Hall–Kier alpha value is -3.41. The van der Waals surface area contributed by atoms with Crippen molar-refractivity contribution in [1.29, 1.82) is 0 Å². The predicted octanol–water partition coefficient (Wildman–Crippen LogP) is 7.42. The third-order valence-corrected chi connectivity index (χ3v) is 6.32. The smallest absolute Gasteiger partial charge is 0.355 e. The van der Waals surface area contributed by atoms with Crippen LogP contribution in [0, 0.1) is 5.92 Å². The molecule has 1 atom stereocenters. The minimum atomic E-state index is -0.488. The zero-order valence-corrected chi connectivity index (χ0v) is 21.9. The SMILES string of the molecule is CCCCC(CCCC)C(O/N=C(\C)C(=O)OC)c1ccc(OCc2ccc3ccccc3n2)cc1. The van der Waals surface area contributed by atoms with E-state index in [2.05, 4.69) is 36.1 Å². The summed E-state index contributed by atoms with van der Waals surface area (Å²) >= 11 is 0. The fourth-order valence-corrected chi connectivity index (χ4v) is 4.22. The number of fused-ring (bicyclic) bond motifs is 1. The van der Waals surface area contributed by atoms with Crippen molar-refractivity contribution in [3.8, 4) is 5.75 Å². The molecule has 1 aromatic heterocycles. The number of methoxy groups -OCH3 is 1. The minimum Gasteiger partial charge on any atom is -0.487 e. The number of aromatic nitrogens is 1. The Bertz CT molecular complexity index is 1120. The zero-order valence-electron chi connectivity index (χ0n) is 21.9. The fourth-order valence-electron chi connectivity index (χ4n) is 4.22. The van der Waals surface area contributed by atoms with Gasteiger partial charge in [-0.3, -0.25) is 0 Å². The normalized spacial score (nSPS) is 12.5. The average Bonchev–Trinajstić information content (AvgIpc) is 2.92. The summed E-state index contributed by atoms with van der Waals surface area (Å²) in [6.45, 7) is 6.39. The van der Waals surface area contributed by atoms with E-state index in [1.807, 2.05) is 48.5 Å². The van der Waals surface area contributed by atoms with E-state index in [1.54, 1.807) is 6.92 Å². The van der Waals surface area contributed by atoms with E-state index < -0.39 is 5.97 Å². The number of pyridine rings is 1. The zero-order chi connectivity index (χ0) is 25.8. The van der Waals surface area contributed by atoms with Crippen molar-refractivity contribution in [2.24, 2.45) is 11.1 Å². The third-order valence-electron chi connectivity index (χ3n) is 6.32. The molecule has 0 amide bonds. The average molecular weight is 491 g/mol. The van der Waals surface area contributed by atoms with Gasteiger partial charge in [0.25, 0.3) is 0 Å². The Balaban J connectivity index is 1.75. The Morgan fingerprint density at radius 1 is 0.944 bits per heavy atom. The maximum atomic E-state index is 11.8. The monoisotopic (exact) mass is 490 g/mol. The van der Waals surface area contributed by atoms with E-state index in [0.717, 1.165) is 66.4 Å². The van der Waals surface area contributed by atoms with Crippen molar-refractivity contribution in [2.75, 3.05) is 7.11 Å². The van der Waals surface area contributed by atoms with E-state index in [4.69, 9.17) is 14.3 Å². The van der Waals surface area contributed by atoms with Crippen LogP contribution in [0.15, 0.2) is 65.8 Å². The first-order chi connectivity index (χ1) is 17.5. The lowest BCUT2D eigenvalue weighted by atomic mass is 9.87. The fraction of sp³-hybridized carbons (Fsp3) is 0.433. The van der Waals surface area contributed by atoms with Gasteiger partial charge in [-0.2, -0.15) is 0 Å². The molecule has 6 nitrogen and oxygen atoms in total. The predicted molar refractivity (Wildman–Crippen MR) is 144 cm³/mol. The van der Waals surface area contributed by atoms with Crippen molar-refractivity contribution in [3.05, 3.63) is 71.9 Å². The molecule has 0 fully saturated rings. The van der Waals surface area contributed by atoms with Crippen molar-refractivity contribution >= 4 is 22.6 Å². The Kier molecular flexibility index (Phi) is 10.7. The Labute approximate surface area is 214 Å². The van der Waals surface area contributed by atoms with Crippen LogP contribution < -0.4 is 4.74 Å². The molecule has 192 valence electrons. The number of para-hydroxylation sites is 1. The summed E-state index contributed by atoms with van der Waals surface area (Å²) in [6.07, 6.45) is 6.31. The first-order valence-electron chi connectivity index (χ1n) is 12.9. The Morgan fingerprint density at radius 3 is 2.31 bits per heavy atom. The van der Waals surface area contributed by atoms with Crippen molar-refractivity contribution < 1.29 is 19.1 Å². The molecule has 0 N–H and O–H groups in total. The molecule has 0 aliphatic rings. The number of hydrogen-bond acceptors (Lipinski definition) is 6. The lowest BCUT2D eigenvalue weighted by Crippen LogP contribution is -2.18. The number of esters is 1. The summed E-state index contributed by atoms with van der Waals surface area (Å²) in [4.78, 5) is 22.5. The van der Waals surface area contributed by atoms with Crippen molar-refractivity contribution in [3.63, 3.8) is 0 Å². The van der Waals surface area contributed by atoms with Crippen LogP contribution in [-0.4, -0.2) is 23.8 Å². The first kappa shape index (κ1) is 27.2. The quantitative estimate of drug-likeness (QED) is 0.134. The maximum Gasteiger partial charge on any atom is 0.355 e. The highest BCUT2D eigenvalue weighted by molar-refractivity contribution is 6.35. The molecule has 0 saturated carbocycles. The molecule has 1 unspecified atom stereocenters. The van der Waals surface area contributed by atoms with Crippen LogP contribution in [0.4, 0.5) is 0 Å². The number of carbonyl (C=O) groups excluding carboxylic acids is 1. The summed E-state index contributed by atoms with van der Waals surface area (Å²) in [5.74, 6) is 0.575. The highest BCUT2D eigenvalue weighted by Crippen LogP contribution is 2.35. The second-order valence-electron chi connectivity index (χ2n) is 9.09. The van der Waals surface area contributed by atoms with E-state index in [-0.39, 0.29) is 11.8 Å². The van der Waals surface area contributed by atoms with Gasteiger partial charge in [0.05, 0.1) is 18.3 Å². The van der Waals surface area contributed by atoms with Crippen LogP contribution >= 0.6 is 0 Å². The van der Waals surface area contributed by atoms with E-state index in [1.165, 1.54) is 7.11 Å².